The first-order valence-corrected chi connectivity index (χ1v) is 8.39. The number of nitrogens with one attached hydrogen (secondary N) is 2. The van der Waals surface area contributed by atoms with Gasteiger partial charge in [-0.3, -0.25) is 19.7 Å². The highest BCUT2D eigenvalue weighted by molar-refractivity contribution is 6.30. The summed E-state index contributed by atoms with van der Waals surface area (Å²) in [7, 11) is 0. The molecule has 0 spiro atoms. The van der Waals surface area contributed by atoms with Gasteiger partial charge in [0.15, 0.2) is 0 Å². The third-order valence-corrected chi connectivity index (χ3v) is 4.31. The zero-order valence-corrected chi connectivity index (χ0v) is 15.1. The molecule has 0 aliphatic rings. The van der Waals surface area contributed by atoms with E-state index in [1.807, 2.05) is 0 Å². The molecular formula is C18H11ClF3N3O4. The fourth-order valence-corrected chi connectivity index (χ4v) is 2.93. The Morgan fingerprint density at radius 1 is 1.24 bits per heavy atom. The molecule has 2 aromatic carbocycles. The summed E-state index contributed by atoms with van der Waals surface area (Å²) >= 11 is 5.85. The Labute approximate surface area is 165 Å². The Balaban J connectivity index is 2.03. The van der Waals surface area contributed by atoms with Crippen molar-refractivity contribution in [1.29, 1.82) is 0 Å². The third-order valence-electron chi connectivity index (χ3n) is 4.08. The van der Waals surface area contributed by atoms with E-state index in [-0.39, 0.29) is 6.54 Å². The number of amides is 1. The molecule has 0 aliphatic heterocycles. The molecule has 0 atom stereocenters. The van der Waals surface area contributed by atoms with Crippen molar-refractivity contribution in [3.63, 3.8) is 0 Å². The summed E-state index contributed by atoms with van der Waals surface area (Å²) in [4.78, 5) is 37.4. The number of hydrogen-bond donors (Lipinski definition) is 2. The Kier molecular flexibility index (Phi) is 5.29. The monoisotopic (exact) mass is 425 g/mol. The van der Waals surface area contributed by atoms with Gasteiger partial charge in [0.25, 0.3) is 11.6 Å². The Bertz CT molecular complexity index is 1190. The van der Waals surface area contributed by atoms with E-state index < -0.39 is 50.2 Å². The van der Waals surface area contributed by atoms with Crippen molar-refractivity contribution in [1.82, 2.24) is 10.3 Å². The van der Waals surface area contributed by atoms with Gasteiger partial charge in [0.1, 0.15) is 11.1 Å². The fraction of sp³-hybridized carbons (Fsp3) is 0.111. The number of nitro benzene ring substituents is 1. The lowest BCUT2D eigenvalue weighted by Crippen LogP contribution is -2.28. The number of carbonyl (C=O) groups excluding carboxylic acids is 1. The lowest BCUT2D eigenvalue weighted by molar-refractivity contribution is -0.383. The molecule has 150 valence electrons. The standard InChI is InChI=1S/C18H11ClF3N3O4/c19-11-3-1-2-9(4-11)7-24-17(27)13-8-23-15-12(16(13)26)5-10(18(20,21)22)6-14(15)25(28)29/h1-6,8H,7H2,(H,23,26)(H,24,27). The number of aromatic nitrogens is 1. The summed E-state index contributed by atoms with van der Waals surface area (Å²) in [5.41, 5.74) is -3.58. The molecule has 3 aromatic rings. The number of nitrogens with zero attached hydrogens (tertiary/aromatic N) is 1. The number of H-pyrrole nitrogens is 1. The maximum atomic E-state index is 13.1. The quantitative estimate of drug-likeness (QED) is 0.486. The van der Waals surface area contributed by atoms with Gasteiger partial charge in [0.05, 0.1) is 15.9 Å². The number of alkyl halides is 3. The highest BCUT2D eigenvalue weighted by atomic mass is 35.5. The molecule has 0 unspecified atom stereocenters. The van der Waals surface area contributed by atoms with E-state index >= 15 is 0 Å². The number of rotatable bonds is 4. The van der Waals surface area contributed by atoms with E-state index in [1.54, 1.807) is 24.3 Å². The van der Waals surface area contributed by atoms with E-state index in [0.717, 1.165) is 6.20 Å². The number of halogens is 4. The number of hydrogen-bond acceptors (Lipinski definition) is 4. The van der Waals surface area contributed by atoms with Crippen LogP contribution >= 0.6 is 11.6 Å². The van der Waals surface area contributed by atoms with Crippen LogP contribution in [0.2, 0.25) is 5.02 Å². The summed E-state index contributed by atoms with van der Waals surface area (Å²) in [5.74, 6) is -0.854. The van der Waals surface area contributed by atoms with E-state index in [1.165, 1.54) is 0 Å². The Morgan fingerprint density at radius 3 is 2.59 bits per heavy atom. The van der Waals surface area contributed by atoms with Gasteiger partial charge in [0.2, 0.25) is 5.43 Å². The summed E-state index contributed by atoms with van der Waals surface area (Å²) < 4.78 is 39.2. The van der Waals surface area contributed by atoms with Crippen LogP contribution in [0.15, 0.2) is 47.4 Å². The second-order valence-corrected chi connectivity index (χ2v) is 6.45. The number of benzene rings is 2. The lowest BCUT2D eigenvalue weighted by atomic mass is 10.1. The second-order valence-electron chi connectivity index (χ2n) is 6.02. The van der Waals surface area contributed by atoms with Crippen molar-refractivity contribution < 1.29 is 22.9 Å². The summed E-state index contributed by atoms with van der Waals surface area (Å²) in [5, 5.41) is 13.4. The van der Waals surface area contributed by atoms with Gasteiger partial charge >= 0.3 is 6.18 Å². The summed E-state index contributed by atoms with van der Waals surface area (Å²) in [6.07, 6.45) is -3.98. The van der Waals surface area contributed by atoms with E-state index in [4.69, 9.17) is 11.6 Å². The van der Waals surface area contributed by atoms with Gasteiger partial charge in [-0.25, -0.2) is 0 Å². The van der Waals surface area contributed by atoms with Crippen LogP contribution < -0.4 is 10.7 Å². The van der Waals surface area contributed by atoms with Gasteiger partial charge in [-0.05, 0) is 23.8 Å². The molecule has 11 heteroatoms. The van der Waals surface area contributed by atoms with Crippen LogP contribution in [-0.2, 0) is 12.7 Å². The molecule has 2 N–H and O–H groups in total. The van der Waals surface area contributed by atoms with Crippen molar-refractivity contribution >= 4 is 34.1 Å². The van der Waals surface area contributed by atoms with Crippen LogP contribution in [0.5, 0.6) is 0 Å². The molecule has 0 bridgehead atoms. The highest BCUT2D eigenvalue weighted by Gasteiger charge is 2.34. The molecule has 0 aliphatic carbocycles. The van der Waals surface area contributed by atoms with Crippen molar-refractivity contribution in [2.75, 3.05) is 0 Å². The number of pyridine rings is 1. The predicted octanol–water partition coefficient (Wildman–Crippen LogP) is 4.04. The Morgan fingerprint density at radius 2 is 1.97 bits per heavy atom. The molecule has 29 heavy (non-hydrogen) atoms. The minimum atomic E-state index is -4.91. The van der Waals surface area contributed by atoms with Gasteiger partial charge < -0.3 is 10.3 Å². The fourth-order valence-electron chi connectivity index (χ4n) is 2.71. The Hall–Kier alpha value is -3.40. The van der Waals surface area contributed by atoms with Crippen LogP contribution in [0, 0.1) is 10.1 Å². The van der Waals surface area contributed by atoms with Gasteiger partial charge in [-0.2, -0.15) is 13.2 Å². The lowest BCUT2D eigenvalue weighted by Gasteiger charge is -2.10. The zero-order chi connectivity index (χ0) is 21.3. The minimum absolute atomic E-state index is 0.0135. The largest absolute Gasteiger partial charge is 0.416 e. The van der Waals surface area contributed by atoms with E-state index in [9.17, 15) is 32.9 Å². The van der Waals surface area contributed by atoms with E-state index in [0.29, 0.717) is 22.7 Å². The normalized spacial score (nSPS) is 11.4. The molecule has 1 heterocycles. The molecule has 7 nitrogen and oxygen atoms in total. The van der Waals surface area contributed by atoms with Crippen molar-refractivity contribution in [3.8, 4) is 0 Å². The van der Waals surface area contributed by atoms with Crippen molar-refractivity contribution in [2.24, 2.45) is 0 Å². The minimum Gasteiger partial charge on any atom is -0.355 e. The predicted molar refractivity (Wildman–Crippen MR) is 98.8 cm³/mol. The molecule has 0 radical (unpaired) electrons. The number of aromatic amines is 1. The summed E-state index contributed by atoms with van der Waals surface area (Å²) in [6.45, 7) is 0.0135. The van der Waals surface area contributed by atoms with Crippen LogP contribution in [0.25, 0.3) is 10.9 Å². The van der Waals surface area contributed by atoms with Crippen LogP contribution in [0.3, 0.4) is 0 Å². The number of non-ortho nitro benzene ring substituents is 1. The maximum Gasteiger partial charge on any atom is 0.416 e. The van der Waals surface area contributed by atoms with E-state index in [2.05, 4.69) is 10.3 Å². The average molecular weight is 426 g/mol. The number of carbonyl (C=O) groups is 1. The smallest absolute Gasteiger partial charge is 0.355 e. The first-order chi connectivity index (χ1) is 13.6. The van der Waals surface area contributed by atoms with Crippen molar-refractivity contribution in [2.45, 2.75) is 12.7 Å². The second kappa shape index (κ2) is 7.55. The van der Waals surface area contributed by atoms with Crippen LogP contribution in [0.1, 0.15) is 21.5 Å². The molecule has 1 amide bonds. The molecule has 0 saturated heterocycles. The van der Waals surface area contributed by atoms with Gasteiger partial charge in [-0.1, -0.05) is 23.7 Å². The first kappa shape index (κ1) is 20.3. The summed E-state index contributed by atoms with van der Waals surface area (Å²) in [6, 6.07) is 7.36. The van der Waals surface area contributed by atoms with Crippen LogP contribution in [-0.4, -0.2) is 15.8 Å². The SMILES string of the molecule is O=C(NCc1cccc(Cl)c1)c1c[nH]c2c([N+](=O)[O-])cc(C(F)(F)F)cc2c1=O. The third kappa shape index (κ3) is 4.21. The number of fused-ring (bicyclic) bond motifs is 1. The topological polar surface area (TPSA) is 105 Å². The highest BCUT2D eigenvalue weighted by Crippen LogP contribution is 2.34. The van der Waals surface area contributed by atoms with Gasteiger partial charge in [-0.15, -0.1) is 0 Å². The van der Waals surface area contributed by atoms with Crippen molar-refractivity contribution in [3.05, 3.63) is 84.6 Å². The van der Waals surface area contributed by atoms with Crippen LogP contribution in [0.4, 0.5) is 18.9 Å². The van der Waals surface area contributed by atoms with Gasteiger partial charge in [0, 0.05) is 23.8 Å². The average Bonchev–Trinajstić information content (AvgIpc) is 2.65. The first-order valence-electron chi connectivity index (χ1n) is 8.01. The molecular weight excluding hydrogens is 415 g/mol. The maximum absolute atomic E-state index is 13.1. The molecule has 0 fully saturated rings. The molecule has 3 rings (SSSR count). The molecule has 1 aromatic heterocycles. The number of nitro groups is 1. The molecule has 0 saturated carbocycles. The zero-order valence-electron chi connectivity index (χ0n) is 14.3.